The lowest BCUT2D eigenvalue weighted by atomic mass is 10.0. The van der Waals surface area contributed by atoms with Gasteiger partial charge < -0.3 is 14.7 Å². The molecule has 7 heteroatoms. The van der Waals surface area contributed by atoms with Gasteiger partial charge in [-0.1, -0.05) is 38.5 Å². The van der Waals surface area contributed by atoms with Gasteiger partial charge in [0.2, 0.25) is 10.0 Å². The van der Waals surface area contributed by atoms with Gasteiger partial charge in [-0.25, -0.2) is 8.42 Å². The lowest BCUT2D eigenvalue weighted by molar-refractivity contribution is 0.0765. The lowest BCUT2D eigenvalue weighted by Crippen LogP contribution is -2.49. The molecule has 1 N–H and O–H groups in total. The van der Waals surface area contributed by atoms with Gasteiger partial charge in [0.15, 0.2) is 0 Å². The van der Waals surface area contributed by atoms with Gasteiger partial charge in [0.05, 0.1) is 6.61 Å². The average molecular weight is 463 g/mol. The molecule has 1 aliphatic heterocycles. The van der Waals surface area contributed by atoms with E-state index in [0.717, 1.165) is 18.5 Å². The third kappa shape index (κ3) is 5.85. The molecular formula is C25H38N2O4S. The molecule has 1 aromatic carbocycles. The highest BCUT2D eigenvalue weighted by Gasteiger charge is 2.38. The standard InChI is InChI=1S/C25H38N2O4S/c1-5-26(4)17-24-19(2)16-27(20(3)18-28)32(29,30)25-14-13-22(15-23(25)31-24)12-8-11-21-9-6-7-10-21/h13-15,19-21,24,28H,5-7,9-11,16-18H2,1-4H3/t19-,20+,24+/m1/s1. The van der Waals surface area contributed by atoms with E-state index in [1.807, 2.05) is 14.0 Å². The highest BCUT2D eigenvalue weighted by atomic mass is 32.2. The Morgan fingerprint density at radius 2 is 2.03 bits per heavy atom. The molecule has 0 spiro atoms. The van der Waals surface area contributed by atoms with Crippen molar-refractivity contribution in [1.82, 2.24) is 9.21 Å². The number of ether oxygens (including phenoxy) is 1. The molecule has 0 bridgehead atoms. The zero-order valence-corrected chi connectivity index (χ0v) is 20.7. The second kappa shape index (κ2) is 11.0. The number of rotatable bonds is 6. The first-order valence-electron chi connectivity index (χ1n) is 11.9. The van der Waals surface area contributed by atoms with E-state index in [1.54, 1.807) is 25.1 Å². The molecule has 0 aromatic heterocycles. The van der Waals surface area contributed by atoms with Crippen molar-refractivity contribution in [2.24, 2.45) is 11.8 Å². The van der Waals surface area contributed by atoms with Gasteiger partial charge in [0.25, 0.3) is 0 Å². The minimum Gasteiger partial charge on any atom is -0.487 e. The molecule has 0 saturated heterocycles. The molecular weight excluding hydrogens is 424 g/mol. The number of hydrogen-bond donors (Lipinski definition) is 1. The van der Waals surface area contributed by atoms with Crippen LogP contribution in [-0.4, -0.2) is 68.2 Å². The molecule has 1 saturated carbocycles. The van der Waals surface area contributed by atoms with E-state index in [9.17, 15) is 13.5 Å². The van der Waals surface area contributed by atoms with Crippen LogP contribution in [-0.2, 0) is 10.0 Å². The van der Waals surface area contributed by atoms with Crippen molar-refractivity contribution in [3.8, 4) is 17.6 Å². The quantitative estimate of drug-likeness (QED) is 0.657. The number of aliphatic hydroxyl groups is 1. The minimum atomic E-state index is -3.81. The van der Waals surface area contributed by atoms with Crippen molar-refractivity contribution in [2.45, 2.75) is 69.9 Å². The number of fused-ring (bicyclic) bond motifs is 1. The van der Waals surface area contributed by atoms with Gasteiger partial charge >= 0.3 is 0 Å². The minimum absolute atomic E-state index is 0.0435. The van der Waals surface area contributed by atoms with Crippen LogP contribution in [0.5, 0.6) is 5.75 Å². The van der Waals surface area contributed by atoms with E-state index < -0.39 is 16.1 Å². The van der Waals surface area contributed by atoms with Crippen LogP contribution in [0.1, 0.15) is 58.4 Å². The van der Waals surface area contributed by atoms with Crippen LogP contribution in [0.3, 0.4) is 0 Å². The summed E-state index contributed by atoms with van der Waals surface area (Å²) in [6.07, 6.45) is 5.81. The van der Waals surface area contributed by atoms with E-state index in [-0.39, 0.29) is 23.5 Å². The topological polar surface area (TPSA) is 70.1 Å². The smallest absolute Gasteiger partial charge is 0.247 e. The molecule has 0 radical (unpaired) electrons. The largest absolute Gasteiger partial charge is 0.487 e. The predicted octanol–water partition coefficient (Wildman–Crippen LogP) is 3.34. The number of likely N-dealkylation sites (N-methyl/N-ethyl adjacent to an activating group) is 1. The number of sulfonamides is 1. The number of hydrogen-bond acceptors (Lipinski definition) is 5. The van der Waals surface area contributed by atoms with Crippen LogP contribution in [0.2, 0.25) is 0 Å². The summed E-state index contributed by atoms with van der Waals surface area (Å²) in [4.78, 5) is 2.32. The van der Waals surface area contributed by atoms with Gasteiger partial charge in [0, 0.05) is 37.0 Å². The van der Waals surface area contributed by atoms with Crippen LogP contribution in [0.15, 0.2) is 23.1 Å². The Balaban J connectivity index is 1.97. The maximum atomic E-state index is 13.5. The summed E-state index contributed by atoms with van der Waals surface area (Å²) in [5.74, 6) is 7.51. The summed E-state index contributed by atoms with van der Waals surface area (Å²) in [7, 11) is -1.77. The first kappa shape index (κ1) is 25.0. The van der Waals surface area contributed by atoms with Gasteiger partial charge in [0.1, 0.15) is 16.7 Å². The average Bonchev–Trinajstić information content (AvgIpc) is 3.29. The zero-order valence-electron chi connectivity index (χ0n) is 19.9. The highest BCUT2D eigenvalue weighted by Crippen LogP contribution is 2.34. The normalized spacial score (nSPS) is 24.7. The third-order valence-electron chi connectivity index (χ3n) is 6.80. The van der Waals surface area contributed by atoms with Crippen LogP contribution in [0.4, 0.5) is 0 Å². The fraction of sp³-hybridized carbons (Fsp3) is 0.680. The van der Waals surface area contributed by atoms with Crippen molar-refractivity contribution in [2.75, 3.05) is 33.3 Å². The summed E-state index contributed by atoms with van der Waals surface area (Å²) >= 11 is 0. The molecule has 1 aromatic rings. The van der Waals surface area contributed by atoms with E-state index in [0.29, 0.717) is 24.8 Å². The van der Waals surface area contributed by atoms with Crippen LogP contribution >= 0.6 is 0 Å². The number of aliphatic hydroxyl groups excluding tert-OH is 1. The lowest BCUT2D eigenvalue weighted by Gasteiger charge is -2.37. The Hall–Kier alpha value is -1.59. The van der Waals surface area contributed by atoms with Crippen molar-refractivity contribution in [3.05, 3.63) is 23.8 Å². The Bertz CT molecular complexity index is 931. The molecule has 32 heavy (non-hydrogen) atoms. The van der Waals surface area contributed by atoms with Crippen LogP contribution in [0, 0.1) is 23.7 Å². The molecule has 6 nitrogen and oxygen atoms in total. The Kier molecular flexibility index (Phi) is 8.62. The molecule has 0 amide bonds. The van der Waals surface area contributed by atoms with Crippen molar-refractivity contribution in [1.29, 1.82) is 0 Å². The maximum Gasteiger partial charge on any atom is 0.247 e. The van der Waals surface area contributed by atoms with E-state index >= 15 is 0 Å². The molecule has 3 rings (SSSR count). The Morgan fingerprint density at radius 3 is 2.69 bits per heavy atom. The van der Waals surface area contributed by atoms with Gasteiger partial charge in [-0.05, 0) is 57.5 Å². The second-order valence-electron chi connectivity index (χ2n) is 9.41. The Morgan fingerprint density at radius 1 is 1.31 bits per heavy atom. The third-order valence-corrected chi connectivity index (χ3v) is 8.82. The molecule has 0 unspecified atom stereocenters. The molecule has 2 aliphatic rings. The fourth-order valence-electron chi connectivity index (χ4n) is 4.47. The first-order chi connectivity index (χ1) is 15.3. The summed E-state index contributed by atoms with van der Waals surface area (Å²) in [6.45, 7) is 7.47. The van der Waals surface area contributed by atoms with Crippen molar-refractivity contribution in [3.63, 3.8) is 0 Å². The van der Waals surface area contributed by atoms with Gasteiger partial charge in [-0.15, -0.1) is 0 Å². The SMILES string of the molecule is CCN(C)C[C@@H]1Oc2cc(C#CCC3CCCC3)ccc2S(=O)(=O)N([C@@H](C)CO)C[C@H]1C. The van der Waals surface area contributed by atoms with Crippen molar-refractivity contribution < 1.29 is 18.3 Å². The Labute approximate surface area is 194 Å². The van der Waals surface area contributed by atoms with E-state index in [4.69, 9.17) is 4.74 Å². The fourth-order valence-corrected chi connectivity index (χ4v) is 6.30. The van der Waals surface area contributed by atoms with E-state index in [2.05, 4.69) is 23.7 Å². The zero-order chi connectivity index (χ0) is 23.3. The first-order valence-corrected chi connectivity index (χ1v) is 13.3. The molecule has 178 valence electrons. The van der Waals surface area contributed by atoms with Gasteiger partial charge in [-0.3, -0.25) is 0 Å². The van der Waals surface area contributed by atoms with Crippen LogP contribution in [0.25, 0.3) is 0 Å². The summed E-state index contributed by atoms with van der Waals surface area (Å²) in [6, 6.07) is 4.64. The molecule has 1 fully saturated rings. The predicted molar refractivity (Wildman–Crippen MR) is 127 cm³/mol. The second-order valence-corrected chi connectivity index (χ2v) is 11.3. The molecule has 1 aliphatic carbocycles. The molecule has 3 atom stereocenters. The maximum absolute atomic E-state index is 13.5. The van der Waals surface area contributed by atoms with Crippen molar-refractivity contribution >= 4 is 10.0 Å². The van der Waals surface area contributed by atoms with Gasteiger partial charge in [-0.2, -0.15) is 4.31 Å². The summed E-state index contributed by atoms with van der Waals surface area (Å²) in [5.41, 5.74) is 0.773. The highest BCUT2D eigenvalue weighted by molar-refractivity contribution is 7.89. The summed E-state index contributed by atoms with van der Waals surface area (Å²) in [5, 5.41) is 9.73. The van der Waals surface area contributed by atoms with Crippen LogP contribution < -0.4 is 4.74 Å². The number of nitrogens with zero attached hydrogens (tertiary/aromatic N) is 2. The van der Waals surface area contributed by atoms with E-state index in [1.165, 1.54) is 30.0 Å². The molecule has 1 heterocycles. The monoisotopic (exact) mass is 462 g/mol. The summed E-state index contributed by atoms with van der Waals surface area (Å²) < 4.78 is 34.8. The number of benzene rings is 1.